The van der Waals surface area contributed by atoms with Crippen molar-refractivity contribution in [2.45, 2.75) is 26.4 Å². The molecule has 0 saturated heterocycles. The lowest BCUT2D eigenvalue weighted by Crippen LogP contribution is -2.26. The lowest BCUT2D eigenvalue weighted by Gasteiger charge is -2.25. The van der Waals surface area contributed by atoms with Crippen molar-refractivity contribution >= 4 is 0 Å². The van der Waals surface area contributed by atoms with Gasteiger partial charge in [0.05, 0.1) is 0 Å². The van der Waals surface area contributed by atoms with Gasteiger partial charge in [0, 0.05) is 12.6 Å². The second-order valence-corrected chi connectivity index (χ2v) is 6.25. The molecule has 2 aromatic carbocycles. The number of benzene rings is 2. The molecule has 2 aromatic rings. The fraction of sp³-hybridized carbons (Fsp3) is 0.368. The molecule has 3 nitrogen and oxygen atoms in total. The average Bonchev–Trinajstić information content (AvgIpc) is 2.58. The van der Waals surface area contributed by atoms with Gasteiger partial charge in [-0.1, -0.05) is 26.0 Å². The SMILES string of the molecule is CC(C)C(NCc1ccc(F)c(F)c1)c1ccc2c(c1)OCCO2. The Morgan fingerprint density at radius 3 is 2.42 bits per heavy atom. The van der Waals surface area contributed by atoms with E-state index in [-0.39, 0.29) is 6.04 Å². The molecule has 24 heavy (non-hydrogen) atoms. The fourth-order valence-corrected chi connectivity index (χ4v) is 2.87. The van der Waals surface area contributed by atoms with Gasteiger partial charge in [-0.25, -0.2) is 8.78 Å². The highest BCUT2D eigenvalue weighted by Gasteiger charge is 2.19. The fourth-order valence-electron chi connectivity index (χ4n) is 2.87. The Morgan fingerprint density at radius 2 is 1.71 bits per heavy atom. The summed E-state index contributed by atoms with van der Waals surface area (Å²) in [6.45, 7) is 5.79. The van der Waals surface area contributed by atoms with E-state index in [1.54, 1.807) is 6.07 Å². The minimum absolute atomic E-state index is 0.0638. The second kappa shape index (κ2) is 7.18. The third-order valence-corrected chi connectivity index (χ3v) is 4.10. The highest BCUT2D eigenvalue weighted by Crippen LogP contribution is 2.34. The number of hydrogen-bond acceptors (Lipinski definition) is 3. The van der Waals surface area contributed by atoms with E-state index in [1.165, 1.54) is 6.07 Å². The summed E-state index contributed by atoms with van der Waals surface area (Å²) in [5, 5.41) is 3.42. The van der Waals surface area contributed by atoms with Gasteiger partial charge < -0.3 is 14.8 Å². The van der Waals surface area contributed by atoms with Crippen molar-refractivity contribution in [3.05, 3.63) is 59.2 Å². The van der Waals surface area contributed by atoms with Gasteiger partial charge in [0.1, 0.15) is 13.2 Å². The van der Waals surface area contributed by atoms with Crippen LogP contribution in [0.1, 0.15) is 31.0 Å². The van der Waals surface area contributed by atoms with E-state index in [0.29, 0.717) is 31.2 Å². The quantitative estimate of drug-likeness (QED) is 0.888. The molecule has 0 spiro atoms. The van der Waals surface area contributed by atoms with Crippen molar-refractivity contribution < 1.29 is 18.3 Å². The maximum Gasteiger partial charge on any atom is 0.161 e. The normalized spacial score (nSPS) is 14.7. The van der Waals surface area contributed by atoms with E-state index in [1.807, 2.05) is 18.2 Å². The topological polar surface area (TPSA) is 30.5 Å². The minimum Gasteiger partial charge on any atom is -0.486 e. The molecule has 0 aromatic heterocycles. The molecule has 3 rings (SSSR count). The maximum atomic E-state index is 13.3. The number of rotatable bonds is 5. The zero-order valence-corrected chi connectivity index (χ0v) is 13.8. The third kappa shape index (κ3) is 3.67. The zero-order chi connectivity index (χ0) is 17.1. The molecule has 0 aliphatic carbocycles. The molecule has 0 amide bonds. The lowest BCUT2D eigenvalue weighted by molar-refractivity contribution is 0.171. The van der Waals surface area contributed by atoms with E-state index in [9.17, 15) is 8.78 Å². The van der Waals surface area contributed by atoms with Gasteiger partial charge in [0.25, 0.3) is 0 Å². The van der Waals surface area contributed by atoms with Crippen LogP contribution < -0.4 is 14.8 Å². The predicted molar refractivity (Wildman–Crippen MR) is 88.2 cm³/mol. The van der Waals surface area contributed by atoms with Gasteiger partial charge in [-0.2, -0.15) is 0 Å². The Labute approximate surface area is 140 Å². The summed E-state index contributed by atoms with van der Waals surface area (Å²) in [6, 6.07) is 9.94. The van der Waals surface area contributed by atoms with Gasteiger partial charge in [-0.15, -0.1) is 0 Å². The first-order valence-electron chi connectivity index (χ1n) is 8.11. The van der Waals surface area contributed by atoms with Crippen LogP contribution in [0, 0.1) is 17.6 Å². The number of halogens is 2. The summed E-state index contributed by atoms with van der Waals surface area (Å²) in [7, 11) is 0. The van der Waals surface area contributed by atoms with Gasteiger partial charge in [-0.05, 0) is 41.3 Å². The van der Waals surface area contributed by atoms with Crippen molar-refractivity contribution in [1.82, 2.24) is 5.32 Å². The Bertz CT molecular complexity index is 719. The van der Waals surface area contributed by atoms with Crippen molar-refractivity contribution in [2.24, 2.45) is 5.92 Å². The second-order valence-electron chi connectivity index (χ2n) is 6.25. The molecule has 0 fully saturated rings. The van der Waals surface area contributed by atoms with Crippen LogP contribution in [0.5, 0.6) is 11.5 Å². The van der Waals surface area contributed by atoms with Crippen LogP contribution in [0.25, 0.3) is 0 Å². The average molecular weight is 333 g/mol. The Kier molecular flexibility index (Phi) is 5.00. The van der Waals surface area contributed by atoms with E-state index in [2.05, 4.69) is 19.2 Å². The number of nitrogens with one attached hydrogen (secondary N) is 1. The molecule has 1 unspecified atom stereocenters. The molecule has 0 saturated carbocycles. The third-order valence-electron chi connectivity index (χ3n) is 4.10. The van der Waals surface area contributed by atoms with Gasteiger partial charge in [0.15, 0.2) is 23.1 Å². The first-order valence-corrected chi connectivity index (χ1v) is 8.11. The van der Waals surface area contributed by atoms with Crippen molar-refractivity contribution in [1.29, 1.82) is 0 Å². The van der Waals surface area contributed by atoms with Gasteiger partial charge in [-0.3, -0.25) is 0 Å². The molecular weight excluding hydrogens is 312 g/mol. The van der Waals surface area contributed by atoms with Crippen molar-refractivity contribution in [2.75, 3.05) is 13.2 Å². The van der Waals surface area contributed by atoms with Crippen LogP contribution in [0.3, 0.4) is 0 Å². The predicted octanol–water partition coefficient (Wildman–Crippen LogP) is 4.22. The highest BCUT2D eigenvalue weighted by atomic mass is 19.2. The number of fused-ring (bicyclic) bond motifs is 1. The molecule has 1 heterocycles. The first-order chi connectivity index (χ1) is 11.5. The molecular formula is C19H21F2NO2. The molecule has 1 aliphatic rings. The Morgan fingerprint density at radius 1 is 0.958 bits per heavy atom. The Hall–Kier alpha value is -2.14. The molecule has 0 radical (unpaired) electrons. The number of ether oxygens (including phenoxy) is 2. The molecule has 1 aliphatic heterocycles. The zero-order valence-electron chi connectivity index (χ0n) is 13.8. The van der Waals surface area contributed by atoms with Crippen LogP contribution in [0.2, 0.25) is 0 Å². The monoisotopic (exact) mass is 333 g/mol. The molecule has 1 N–H and O–H groups in total. The highest BCUT2D eigenvalue weighted by molar-refractivity contribution is 5.44. The summed E-state index contributed by atoms with van der Waals surface area (Å²) < 4.78 is 37.6. The standard InChI is InChI=1S/C19H21F2NO2/c1-12(2)19(22-11-13-3-5-15(20)16(21)9-13)14-4-6-17-18(10-14)24-8-7-23-17/h3-6,9-10,12,19,22H,7-8,11H2,1-2H3. The van der Waals surface area contributed by atoms with Crippen molar-refractivity contribution in [3.63, 3.8) is 0 Å². The van der Waals surface area contributed by atoms with E-state index in [0.717, 1.165) is 23.1 Å². The summed E-state index contributed by atoms with van der Waals surface area (Å²) in [6.07, 6.45) is 0. The van der Waals surface area contributed by atoms with Crippen LogP contribution in [-0.4, -0.2) is 13.2 Å². The van der Waals surface area contributed by atoms with Crippen LogP contribution >= 0.6 is 0 Å². The minimum atomic E-state index is -0.828. The summed E-state index contributed by atoms with van der Waals surface area (Å²) >= 11 is 0. The molecule has 0 bridgehead atoms. The maximum absolute atomic E-state index is 13.3. The first kappa shape index (κ1) is 16.7. The van der Waals surface area contributed by atoms with Gasteiger partial charge >= 0.3 is 0 Å². The Balaban J connectivity index is 1.76. The summed E-state index contributed by atoms with van der Waals surface area (Å²) in [5.74, 6) is 0.172. The van der Waals surface area contributed by atoms with Crippen LogP contribution in [-0.2, 0) is 6.54 Å². The van der Waals surface area contributed by atoms with Crippen LogP contribution in [0.15, 0.2) is 36.4 Å². The molecule has 5 heteroatoms. The van der Waals surface area contributed by atoms with Gasteiger partial charge in [0.2, 0.25) is 0 Å². The smallest absolute Gasteiger partial charge is 0.161 e. The summed E-state index contributed by atoms with van der Waals surface area (Å²) in [4.78, 5) is 0. The summed E-state index contributed by atoms with van der Waals surface area (Å²) in [5.41, 5.74) is 1.79. The number of hydrogen-bond donors (Lipinski definition) is 1. The molecule has 1 atom stereocenters. The lowest BCUT2D eigenvalue weighted by atomic mass is 9.95. The molecule has 128 valence electrons. The van der Waals surface area contributed by atoms with E-state index in [4.69, 9.17) is 9.47 Å². The largest absolute Gasteiger partial charge is 0.486 e. The van der Waals surface area contributed by atoms with E-state index < -0.39 is 11.6 Å². The van der Waals surface area contributed by atoms with Crippen molar-refractivity contribution in [3.8, 4) is 11.5 Å². The van der Waals surface area contributed by atoms with E-state index >= 15 is 0 Å². The van der Waals surface area contributed by atoms with Crippen LogP contribution in [0.4, 0.5) is 8.78 Å².